The van der Waals surface area contributed by atoms with Gasteiger partial charge in [-0.25, -0.2) is 0 Å². The van der Waals surface area contributed by atoms with Crippen LogP contribution in [0.5, 0.6) is 0 Å². The molecule has 1 aliphatic heterocycles. The molecule has 1 aliphatic rings. The van der Waals surface area contributed by atoms with Gasteiger partial charge in [0, 0.05) is 7.11 Å². The molecule has 1 rings (SSSR count). The fourth-order valence-electron chi connectivity index (χ4n) is 1.23. The van der Waals surface area contributed by atoms with Crippen molar-refractivity contribution in [3.8, 4) is 0 Å². The monoisotopic (exact) mass is 194 g/mol. The predicted molar refractivity (Wildman–Crippen MR) is 40.8 cm³/mol. The molecular formula is C7H14O6. The SMILES string of the molecule is COCC1OC(O)C(O)C(O)[C@H]1O. The van der Waals surface area contributed by atoms with Crippen LogP contribution in [-0.4, -0.2) is 64.8 Å². The average Bonchev–Trinajstić information content (AvgIpc) is 2.11. The van der Waals surface area contributed by atoms with Gasteiger partial charge in [0.1, 0.15) is 24.4 Å². The smallest absolute Gasteiger partial charge is 0.184 e. The van der Waals surface area contributed by atoms with Crippen LogP contribution in [0, 0.1) is 0 Å². The van der Waals surface area contributed by atoms with E-state index in [-0.39, 0.29) is 6.61 Å². The van der Waals surface area contributed by atoms with Gasteiger partial charge in [0.2, 0.25) is 0 Å². The topological polar surface area (TPSA) is 99.4 Å². The number of aliphatic hydroxyl groups excluding tert-OH is 4. The normalized spacial score (nSPS) is 46.4. The van der Waals surface area contributed by atoms with Crippen LogP contribution in [0.4, 0.5) is 0 Å². The van der Waals surface area contributed by atoms with Crippen LogP contribution in [0.25, 0.3) is 0 Å². The molecule has 4 unspecified atom stereocenters. The minimum absolute atomic E-state index is 0.0437. The summed E-state index contributed by atoms with van der Waals surface area (Å²) in [5.41, 5.74) is 0. The Morgan fingerprint density at radius 3 is 2.23 bits per heavy atom. The summed E-state index contributed by atoms with van der Waals surface area (Å²) in [4.78, 5) is 0. The van der Waals surface area contributed by atoms with E-state index in [4.69, 9.17) is 19.7 Å². The standard InChI is InChI=1S/C7H14O6/c1-12-2-3-4(8)5(9)6(10)7(11)13-3/h3-11H,2H2,1H3/t3?,4-,5?,6?,7?/m0/s1. The zero-order chi connectivity index (χ0) is 10.0. The van der Waals surface area contributed by atoms with E-state index in [0.29, 0.717) is 0 Å². The highest BCUT2D eigenvalue weighted by Gasteiger charge is 2.42. The Morgan fingerprint density at radius 1 is 1.08 bits per heavy atom. The molecule has 0 aromatic carbocycles. The number of ether oxygens (including phenoxy) is 2. The zero-order valence-corrected chi connectivity index (χ0v) is 7.20. The maximum atomic E-state index is 9.33. The van der Waals surface area contributed by atoms with Crippen LogP contribution in [-0.2, 0) is 9.47 Å². The third-order valence-electron chi connectivity index (χ3n) is 2.02. The molecule has 78 valence electrons. The van der Waals surface area contributed by atoms with Crippen LogP contribution in [0.15, 0.2) is 0 Å². The van der Waals surface area contributed by atoms with Gasteiger partial charge in [-0.2, -0.15) is 0 Å². The van der Waals surface area contributed by atoms with E-state index >= 15 is 0 Å². The maximum absolute atomic E-state index is 9.33. The van der Waals surface area contributed by atoms with E-state index in [1.165, 1.54) is 7.11 Å². The zero-order valence-electron chi connectivity index (χ0n) is 7.20. The lowest BCUT2D eigenvalue weighted by atomic mass is 9.99. The molecule has 0 spiro atoms. The average molecular weight is 194 g/mol. The molecule has 1 fully saturated rings. The third-order valence-corrected chi connectivity index (χ3v) is 2.02. The van der Waals surface area contributed by atoms with Crippen molar-refractivity contribution in [1.82, 2.24) is 0 Å². The molecule has 5 atom stereocenters. The van der Waals surface area contributed by atoms with Crippen LogP contribution in [0.1, 0.15) is 0 Å². The molecule has 0 bridgehead atoms. The summed E-state index contributed by atoms with van der Waals surface area (Å²) < 4.78 is 9.49. The second-order valence-electron chi connectivity index (χ2n) is 2.99. The van der Waals surface area contributed by atoms with Crippen molar-refractivity contribution in [1.29, 1.82) is 0 Å². The number of hydrogen-bond acceptors (Lipinski definition) is 6. The molecule has 0 aromatic heterocycles. The Kier molecular flexibility index (Phi) is 3.60. The van der Waals surface area contributed by atoms with Crippen molar-refractivity contribution >= 4 is 0 Å². The Balaban J connectivity index is 2.59. The number of methoxy groups -OCH3 is 1. The summed E-state index contributed by atoms with van der Waals surface area (Å²) in [6, 6.07) is 0. The fraction of sp³-hybridized carbons (Fsp3) is 1.00. The van der Waals surface area contributed by atoms with E-state index in [1.54, 1.807) is 0 Å². The minimum atomic E-state index is -1.49. The lowest BCUT2D eigenvalue weighted by Crippen LogP contribution is -2.58. The highest BCUT2D eigenvalue weighted by molar-refractivity contribution is 4.88. The first kappa shape index (κ1) is 10.8. The van der Waals surface area contributed by atoms with Crippen molar-refractivity contribution in [3.05, 3.63) is 0 Å². The van der Waals surface area contributed by atoms with Gasteiger partial charge in [0.05, 0.1) is 6.61 Å². The highest BCUT2D eigenvalue weighted by atomic mass is 16.6. The van der Waals surface area contributed by atoms with Crippen molar-refractivity contribution in [2.75, 3.05) is 13.7 Å². The van der Waals surface area contributed by atoms with Crippen molar-refractivity contribution in [2.24, 2.45) is 0 Å². The maximum Gasteiger partial charge on any atom is 0.184 e. The number of hydrogen-bond donors (Lipinski definition) is 4. The quantitative estimate of drug-likeness (QED) is 0.386. The van der Waals surface area contributed by atoms with Crippen LogP contribution >= 0.6 is 0 Å². The van der Waals surface area contributed by atoms with Crippen LogP contribution in [0.3, 0.4) is 0 Å². The summed E-state index contributed by atoms with van der Waals surface area (Å²) in [5, 5.41) is 36.7. The second kappa shape index (κ2) is 4.32. The predicted octanol–water partition coefficient (Wildman–Crippen LogP) is -2.57. The van der Waals surface area contributed by atoms with Crippen molar-refractivity contribution < 1.29 is 29.9 Å². The lowest BCUT2D eigenvalue weighted by Gasteiger charge is -2.37. The van der Waals surface area contributed by atoms with Gasteiger partial charge in [0.25, 0.3) is 0 Å². The Labute approximate surface area is 75.3 Å². The molecule has 0 aliphatic carbocycles. The van der Waals surface area contributed by atoms with E-state index in [9.17, 15) is 10.2 Å². The first-order chi connectivity index (χ1) is 6.07. The van der Waals surface area contributed by atoms with Crippen molar-refractivity contribution in [2.45, 2.75) is 30.7 Å². The minimum Gasteiger partial charge on any atom is -0.387 e. The van der Waals surface area contributed by atoms with Gasteiger partial charge in [-0.3, -0.25) is 0 Å². The van der Waals surface area contributed by atoms with E-state index in [1.807, 2.05) is 0 Å². The molecule has 0 saturated carbocycles. The number of rotatable bonds is 2. The van der Waals surface area contributed by atoms with Gasteiger partial charge in [-0.1, -0.05) is 0 Å². The fourth-order valence-corrected chi connectivity index (χ4v) is 1.23. The highest BCUT2D eigenvalue weighted by Crippen LogP contribution is 2.19. The van der Waals surface area contributed by atoms with Crippen LogP contribution < -0.4 is 0 Å². The molecule has 0 aromatic rings. The van der Waals surface area contributed by atoms with E-state index in [0.717, 1.165) is 0 Å². The van der Waals surface area contributed by atoms with Gasteiger partial charge in [-0.05, 0) is 0 Å². The van der Waals surface area contributed by atoms with E-state index < -0.39 is 30.7 Å². The van der Waals surface area contributed by atoms with Crippen molar-refractivity contribution in [3.63, 3.8) is 0 Å². The molecule has 0 radical (unpaired) electrons. The van der Waals surface area contributed by atoms with Gasteiger partial charge in [0.15, 0.2) is 6.29 Å². The van der Waals surface area contributed by atoms with Gasteiger partial charge >= 0.3 is 0 Å². The van der Waals surface area contributed by atoms with E-state index in [2.05, 4.69) is 0 Å². The third kappa shape index (κ3) is 2.16. The number of aliphatic hydroxyl groups is 4. The molecule has 6 nitrogen and oxygen atoms in total. The first-order valence-corrected chi connectivity index (χ1v) is 3.94. The molecule has 4 N–H and O–H groups in total. The summed E-state index contributed by atoms with van der Waals surface area (Å²) >= 11 is 0. The summed E-state index contributed by atoms with van der Waals surface area (Å²) in [6.45, 7) is 0.0437. The molecule has 6 heteroatoms. The summed E-state index contributed by atoms with van der Waals surface area (Å²) in [5.74, 6) is 0. The lowest BCUT2D eigenvalue weighted by molar-refractivity contribution is -0.287. The Bertz CT molecular complexity index is 163. The Morgan fingerprint density at radius 2 is 1.69 bits per heavy atom. The second-order valence-corrected chi connectivity index (χ2v) is 2.99. The molecule has 1 heterocycles. The largest absolute Gasteiger partial charge is 0.387 e. The van der Waals surface area contributed by atoms with Crippen LogP contribution in [0.2, 0.25) is 0 Å². The molecule has 0 amide bonds. The first-order valence-electron chi connectivity index (χ1n) is 3.94. The van der Waals surface area contributed by atoms with Gasteiger partial charge < -0.3 is 29.9 Å². The summed E-state index contributed by atoms with van der Waals surface area (Å²) in [7, 11) is 1.40. The molecular weight excluding hydrogens is 180 g/mol. The summed E-state index contributed by atoms with van der Waals surface area (Å²) in [6.07, 6.45) is -6.46. The molecule has 1 saturated heterocycles. The Hall–Kier alpha value is -0.240. The molecule has 13 heavy (non-hydrogen) atoms. The van der Waals surface area contributed by atoms with Gasteiger partial charge in [-0.15, -0.1) is 0 Å².